The number of likely N-dealkylation sites (tertiary alicyclic amines) is 1. The van der Waals surface area contributed by atoms with E-state index in [2.05, 4.69) is 18.7 Å². The topological polar surface area (TPSA) is 40.5 Å². The normalized spacial score (nSPS) is 40.1. The molecular formula is C14H25NO2. The number of aliphatic carboxylic acids is 1. The van der Waals surface area contributed by atoms with Gasteiger partial charge >= 0.3 is 5.97 Å². The highest BCUT2D eigenvalue weighted by molar-refractivity contribution is 5.79. The van der Waals surface area contributed by atoms with Gasteiger partial charge in [-0.3, -0.25) is 9.69 Å². The Morgan fingerprint density at radius 3 is 2.59 bits per heavy atom. The summed E-state index contributed by atoms with van der Waals surface area (Å²) >= 11 is 0. The molecule has 1 N–H and O–H groups in total. The van der Waals surface area contributed by atoms with E-state index in [-0.39, 0.29) is 0 Å². The van der Waals surface area contributed by atoms with E-state index in [9.17, 15) is 9.90 Å². The van der Waals surface area contributed by atoms with E-state index in [1.807, 2.05) is 0 Å². The molecule has 2 rings (SSSR count). The van der Waals surface area contributed by atoms with Crippen LogP contribution in [0.15, 0.2) is 0 Å². The molecule has 0 aromatic rings. The highest BCUT2D eigenvalue weighted by Gasteiger charge is 2.50. The predicted molar refractivity (Wildman–Crippen MR) is 68.0 cm³/mol. The smallest absolute Gasteiger partial charge is 0.324 e. The van der Waals surface area contributed by atoms with Crippen LogP contribution in [-0.2, 0) is 4.79 Å². The average Bonchev–Trinajstić information content (AvgIpc) is 2.29. The van der Waals surface area contributed by atoms with Crippen LogP contribution >= 0.6 is 0 Å². The molecule has 0 aromatic carbocycles. The molecule has 0 bridgehead atoms. The Morgan fingerprint density at radius 1 is 1.24 bits per heavy atom. The number of piperidine rings is 1. The van der Waals surface area contributed by atoms with Crippen molar-refractivity contribution in [3.05, 3.63) is 0 Å². The van der Waals surface area contributed by atoms with Gasteiger partial charge in [0.25, 0.3) is 0 Å². The fourth-order valence-corrected chi connectivity index (χ4v) is 3.80. The first-order valence-electron chi connectivity index (χ1n) is 7.06. The number of nitrogens with zero attached hydrogens (tertiary/aromatic N) is 1. The lowest BCUT2D eigenvalue weighted by atomic mass is 9.71. The van der Waals surface area contributed by atoms with E-state index in [4.69, 9.17) is 0 Å². The maximum absolute atomic E-state index is 11.9. The molecule has 0 amide bonds. The lowest BCUT2D eigenvalue weighted by molar-refractivity contribution is -0.160. The third-order valence-corrected chi connectivity index (χ3v) is 4.85. The van der Waals surface area contributed by atoms with Crippen LogP contribution in [0.2, 0.25) is 0 Å². The average molecular weight is 239 g/mol. The minimum Gasteiger partial charge on any atom is -0.480 e. The number of hydrogen-bond acceptors (Lipinski definition) is 2. The zero-order valence-corrected chi connectivity index (χ0v) is 11.1. The van der Waals surface area contributed by atoms with E-state index in [0.717, 1.165) is 38.8 Å². The van der Waals surface area contributed by atoms with E-state index < -0.39 is 11.5 Å². The van der Waals surface area contributed by atoms with Crippen LogP contribution in [-0.4, -0.2) is 34.6 Å². The highest BCUT2D eigenvalue weighted by atomic mass is 16.4. The molecule has 98 valence electrons. The zero-order chi connectivity index (χ0) is 12.5. The molecule has 1 saturated carbocycles. The summed E-state index contributed by atoms with van der Waals surface area (Å²) in [5, 5.41) is 9.76. The van der Waals surface area contributed by atoms with Crippen LogP contribution in [0.1, 0.15) is 52.4 Å². The van der Waals surface area contributed by atoms with E-state index in [1.165, 1.54) is 12.8 Å². The monoisotopic (exact) mass is 239 g/mol. The van der Waals surface area contributed by atoms with Gasteiger partial charge in [0.2, 0.25) is 0 Å². The van der Waals surface area contributed by atoms with Gasteiger partial charge in [-0.2, -0.15) is 0 Å². The summed E-state index contributed by atoms with van der Waals surface area (Å²) in [7, 11) is 0. The lowest BCUT2D eigenvalue weighted by Crippen LogP contribution is -2.62. The van der Waals surface area contributed by atoms with Gasteiger partial charge < -0.3 is 5.11 Å². The fraction of sp³-hybridized carbons (Fsp3) is 0.929. The molecule has 1 saturated heterocycles. The third kappa shape index (κ3) is 2.22. The molecule has 17 heavy (non-hydrogen) atoms. The fourth-order valence-electron chi connectivity index (χ4n) is 3.80. The minimum absolute atomic E-state index is 0.291. The van der Waals surface area contributed by atoms with Crippen molar-refractivity contribution in [3.63, 3.8) is 0 Å². The van der Waals surface area contributed by atoms with Crippen LogP contribution in [0.25, 0.3) is 0 Å². The predicted octanol–water partition coefficient (Wildman–Crippen LogP) is 2.75. The summed E-state index contributed by atoms with van der Waals surface area (Å²) in [6.07, 6.45) is 6.58. The second-order valence-corrected chi connectivity index (χ2v) is 6.07. The quantitative estimate of drug-likeness (QED) is 0.805. The Hall–Kier alpha value is -0.570. The summed E-state index contributed by atoms with van der Waals surface area (Å²) in [6.45, 7) is 6.32. The standard InChI is InChI=1S/C14H25NO2/c1-11-6-5-9-15(10-11)14(13(16)17)8-4-3-7-12(14)2/h11-12H,3-10H2,1-2H3,(H,16,17). The summed E-state index contributed by atoms with van der Waals surface area (Å²) in [4.78, 5) is 14.1. The Kier molecular flexibility index (Phi) is 3.76. The Labute approximate surface area is 104 Å². The summed E-state index contributed by atoms with van der Waals surface area (Å²) in [6, 6.07) is 0. The first kappa shape index (κ1) is 12.9. The van der Waals surface area contributed by atoms with Gasteiger partial charge in [0.05, 0.1) is 0 Å². The summed E-state index contributed by atoms with van der Waals surface area (Å²) in [5.41, 5.74) is -0.563. The lowest BCUT2D eigenvalue weighted by Gasteiger charge is -2.49. The molecule has 2 aliphatic rings. The molecule has 0 radical (unpaired) electrons. The highest BCUT2D eigenvalue weighted by Crippen LogP contribution is 2.40. The number of carbonyl (C=O) groups is 1. The van der Waals surface area contributed by atoms with Crippen molar-refractivity contribution < 1.29 is 9.90 Å². The first-order valence-corrected chi connectivity index (χ1v) is 7.06. The molecule has 1 aliphatic heterocycles. The number of hydrogen-bond donors (Lipinski definition) is 1. The second kappa shape index (κ2) is 4.97. The minimum atomic E-state index is -0.584. The molecule has 3 atom stereocenters. The zero-order valence-electron chi connectivity index (χ0n) is 11.1. The van der Waals surface area contributed by atoms with Crippen LogP contribution in [0.5, 0.6) is 0 Å². The maximum Gasteiger partial charge on any atom is 0.324 e. The van der Waals surface area contributed by atoms with Crippen molar-refractivity contribution in [1.82, 2.24) is 4.90 Å². The SMILES string of the molecule is CC1CCCN(C2(C(=O)O)CCCCC2C)C1. The molecule has 3 unspecified atom stereocenters. The molecule has 3 heteroatoms. The van der Waals surface area contributed by atoms with Gasteiger partial charge in [-0.25, -0.2) is 0 Å². The van der Waals surface area contributed by atoms with Crippen LogP contribution in [0.3, 0.4) is 0 Å². The Balaban J connectivity index is 2.23. The van der Waals surface area contributed by atoms with E-state index >= 15 is 0 Å². The van der Waals surface area contributed by atoms with Crippen molar-refractivity contribution in [1.29, 1.82) is 0 Å². The van der Waals surface area contributed by atoms with Gasteiger partial charge in [0, 0.05) is 6.54 Å². The van der Waals surface area contributed by atoms with Crippen molar-refractivity contribution in [3.8, 4) is 0 Å². The molecule has 3 nitrogen and oxygen atoms in total. The Bertz CT molecular complexity index is 292. The van der Waals surface area contributed by atoms with Crippen molar-refractivity contribution >= 4 is 5.97 Å². The molecular weight excluding hydrogens is 214 g/mol. The van der Waals surface area contributed by atoms with Gasteiger partial charge in [0.15, 0.2) is 0 Å². The molecule has 1 aliphatic carbocycles. The van der Waals surface area contributed by atoms with Crippen LogP contribution in [0.4, 0.5) is 0 Å². The van der Waals surface area contributed by atoms with Gasteiger partial charge in [-0.1, -0.05) is 26.7 Å². The van der Waals surface area contributed by atoms with Crippen molar-refractivity contribution in [2.45, 2.75) is 57.9 Å². The summed E-state index contributed by atoms with van der Waals surface area (Å²) < 4.78 is 0. The van der Waals surface area contributed by atoms with Gasteiger partial charge in [0.1, 0.15) is 5.54 Å². The maximum atomic E-state index is 11.9. The van der Waals surface area contributed by atoms with E-state index in [0.29, 0.717) is 11.8 Å². The second-order valence-electron chi connectivity index (χ2n) is 6.07. The third-order valence-electron chi connectivity index (χ3n) is 4.85. The molecule has 0 aromatic heterocycles. The van der Waals surface area contributed by atoms with Crippen molar-refractivity contribution in [2.24, 2.45) is 11.8 Å². The van der Waals surface area contributed by atoms with Crippen molar-refractivity contribution in [2.75, 3.05) is 13.1 Å². The van der Waals surface area contributed by atoms with Gasteiger partial charge in [-0.05, 0) is 44.1 Å². The number of carboxylic acid groups (broad SMARTS) is 1. The van der Waals surface area contributed by atoms with Crippen LogP contribution in [0, 0.1) is 11.8 Å². The Morgan fingerprint density at radius 2 is 2.00 bits per heavy atom. The number of rotatable bonds is 2. The molecule has 0 spiro atoms. The first-order chi connectivity index (χ1) is 8.07. The van der Waals surface area contributed by atoms with E-state index in [1.54, 1.807) is 0 Å². The number of carboxylic acids is 1. The molecule has 2 fully saturated rings. The van der Waals surface area contributed by atoms with Gasteiger partial charge in [-0.15, -0.1) is 0 Å². The summed E-state index contributed by atoms with van der Waals surface area (Å²) in [5.74, 6) is 0.354. The van der Waals surface area contributed by atoms with Crippen LogP contribution < -0.4 is 0 Å². The molecule has 1 heterocycles. The largest absolute Gasteiger partial charge is 0.480 e.